The molecule has 0 aliphatic carbocycles. The summed E-state index contributed by atoms with van der Waals surface area (Å²) >= 11 is 0. The summed E-state index contributed by atoms with van der Waals surface area (Å²) in [5.74, 6) is 0.322. The molecule has 0 saturated carbocycles. The van der Waals surface area contributed by atoms with E-state index in [4.69, 9.17) is 0 Å². The summed E-state index contributed by atoms with van der Waals surface area (Å²) in [6.45, 7) is 0.578. The van der Waals surface area contributed by atoms with Crippen molar-refractivity contribution in [1.29, 1.82) is 0 Å². The van der Waals surface area contributed by atoms with Crippen LogP contribution < -0.4 is 11.0 Å². The van der Waals surface area contributed by atoms with Crippen molar-refractivity contribution in [2.75, 3.05) is 6.54 Å². The lowest BCUT2D eigenvalue weighted by atomic mass is 10.2. The van der Waals surface area contributed by atoms with Gasteiger partial charge in [0.05, 0.1) is 6.54 Å². The maximum absolute atomic E-state index is 12.2. The SMILES string of the molecule is Cn1c(-c2cccnc2)nn(CCNC(=O)c2ccncc2)c1=O. The number of carbonyl (C=O) groups excluding carboxylic acids is 1. The van der Waals surface area contributed by atoms with Crippen LogP contribution in [0.1, 0.15) is 10.4 Å². The zero-order chi connectivity index (χ0) is 16.9. The van der Waals surface area contributed by atoms with Gasteiger partial charge in [0, 0.05) is 49.5 Å². The molecule has 0 atom stereocenters. The Labute approximate surface area is 137 Å². The lowest BCUT2D eigenvalue weighted by Crippen LogP contribution is -2.31. The molecule has 3 aromatic rings. The largest absolute Gasteiger partial charge is 0.350 e. The van der Waals surface area contributed by atoms with Crippen LogP contribution in [0, 0.1) is 0 Å². The van der Waals surface area contributed by atoms with Gasteiger partial charge in [-0.05, 0) is 24.3 Å². The van der Waals surface area contributed by atoms with Crippen LogP contribution in [0.25, 0.3) is 11.4 Å². The van der Waals surface area contributed by atoms with Crippen LogP contribution in [0.5, 0.6) is 0 Å². The van der Waals surface area contributed by atoms with E-state index in [1.165, 1.54) is 9.25 Å². The summed E-state index contributed by atoms with van der Waals surface area (Å²) in [5.41, 5.74) is 1.04. The average molecular weight is 324 g/mol. The molecule has 3 heterocycles. The summed E-state index contributed by atoms with van der Waals surface area (Å²) in [6, 6.07) is 6.88. The first-order chi connectivity index (χ1) is 11.7. The number of aromatic nitrogens is 5. The van der Waals surface area contributed by atoms with Crippen LogP contribution >= 0.6 is 0 Å². The minimum atomic E-state index is -0.244. The Balaban J connectivity index is 1.68. The van der Waals surface area contributed by atoms with E-state index in [1.54, 1.807) is 50.0 Å². The smallest absolute Gasteiger partial charge is 0.345 e. The highest BCUT2D eigenvalue weighted by molar-refractivity contribution is 5.93. The van der Waals surface area contributed by atoms with Gasteiger partial charge in [-0.3, -0.25) is 19.3 Å². The van der Waals surface area contributed by atoms with E-state index in [2.05, 4.69) is 20.4 Å². The van der Waals surface area contributed by atoms with Gasteiger partial charge in [-0.1, -0.05) is 0 Å². The van der Waals surface area contributed by atoms with Crippen LogP contribution in [-0.2, 0) is 13.6 Å². The molecule has 8 heteroatoms. The van der Waals surface area contributed by atoms with Crippen molar-refractivity contribution >= 4 is 5.91 Å². The fourth-order valence-corrected chi connectivity index (χ4v) is 2.26. The second-order valence-electron chi connectivity index (χ2n) is 5.12. The van der Waals surface area contributed by atoms with E-state index in [0.29, 0.717) is 17.9 Å². The highest BCUT2D eigenvalue weighted by Gasteiger charge is 2.12. The summed E-state index contributed by atoms with van der Waals surface area (Å²) in [7, 11) is 1.66. The van der Waals surface area contributed by atoms with Gasteiger partial charge in [0.2, 0.25) is 0 Å². The van der Waals surface area contributed by atoms with Gasteiger partial charge in [-0.2, -0.15) is 0 Å². The molecular weight excluding hydrogens is 308 g/mol. The highest BCUT2D eigenvalue weighted by atomic mass is 16.2. The first-order valence-electron chi connectivity index (χ1n) is 7.39. The third kappa shape index (κ3) is 3.22. The molecule has 0 saturated heterocycles. The molecule has 24 heavy (non-hydrogen) atoms. The quantitative estimate of drug-likeness (QED) is 0.736. The van der Waals surface area contributed by atoms with Gasteiger partial charge < -0.3 is 5.32 Å². The maximum Gasteiger partial charge on any atom is 0.345 e. The Morgan fingerprint density at radius 2 is 1.96 bits per heavy atom. The molecule has 3 aromatic heterocycles. The molecule has 3 rings (SSSR count). The normalized spacial score (nSPS) is 10.5. The zero-order valence-corrected chi connectivity index (χ0v) is 13.1. The van der Waals surface area contributed by atoms with Gasteiger partial charge in [0.15, 0.2) is 5.82 Å². The number of pyridine rings is 2. The molecule has 1 amide bonds. The number of hydrogen-bond donors (Lipinski definition) is 1. The standard InChI is InChI=1S/C16H16N6O2/c1-21-14(13-3-2-6-18-11-13)20-22(16(21)24)10-9-19-15(23)12-4-7-17-8-5-12/h2-8,11H,9-10H2,1H3,(H,19,23). The monoisotopic (exact) mass is 324 g/mol. The van der Waals surface area contributed by atoms with Crippen molar-refractivity contribution in [3.8, 4) is 11.4 Å². The molecule has 0 spiro atoms. The summed E-state index contributed by atoms with van der Waals surface area (Å²) < 4.78 is 2.79. The minimum absolute atomic E-state index is 0.214. The van der Waals surface area contributed by atoms with Crippen molar-refractivity contribution in [2.45, 2.75) is 6.54 Å². The second-order valence-corrected chi connectivity index (χ2v) is 5.12. The lowest BCUT2D eigenvalue weighted by molar-refractivity contribution is 0.0951. The summed E-state index contributed by atoms with van der Waals surface area (Å²) in [5, 5.41) is 7.07. The molecule has 122 valence electrons. The van der Waals surface area contributed by atoms with Crippen molar-refractivity contribution in [3.05, 3.63) is 65.1 Å². The fraction of sp³-hybridized carbons (Fsp3) is 0.188. The van der Waals surface area contributed by atoms with E-state index in [-0.39, 0.29) is 18.1 Å². The van der Waals surface area contributed by atoms with Crippen LogP contribution in [0.2, 0.25) is 0 Å². The molecule has 0 fully saturated rings. The molecule has 1 N–H and O–H groups in total. The zero-order valence-electron chi connectivity index (χ0n) is 13.1. The molecule has 0 unspecified atom stereocenters. The lowest BCUT2D eigenvalue weighted by Gasteiger charge is -2.04. The molecular formula is C16H16N6O2. The van der Waals surface area contributed by atoms with Crippen molar-refractivity contribution in [1.82, 2.24) is 29.6 Å². The van der Waals surface area contributed by atoms with E-state index in [1.807, 2.05) is 6.07 Å². The van der Waals surface area contributed by atoms with E-state index in [9.17, 15) is 9.59 Å². The predicted octanol–water partition coefficient (Wildman–Crippen LogP) is 0.469. The summed E-state index contributed by atoms with van der Waals surface area (Å²) in [4.78, 5) is 32.1. The van der Waals surface area contributed by atoms with Crippen molar-refractivity contribution < 1.29 is 4.79 Å². The Kier molecular flexibility index (Phi) is 4.46. The van der Waals surface area contributed by atoms with E-state index < -0.39 is 0 Å². The number of rotatable bonds is 5. The van der Waals surface area contributed by atoms with Gasteiger partial charge in [-0.15, -0.1) is 5.10 Å². The van der Waals surface area contributed by atoms with Crippen LogP contribution in [0.4, 0.5) is 0 Å². The third-order valence-corrected chi connectivity index (χ3v) is 3.51. The third-order valence-electron chi connectivity index (χ3n) is 3.51. The number of hydrogen-bond acceptors (Lipinski definition) is 5. The van der Waals surface area contributed by atoms with E-state index in [0.717, 1.165) is 5.56 Å². The number of nitrogens with one attached hydrogen (secondary N) is 1. The highest BCUT2D eigenvalue weighted by Crippen LogP contribution is 2.12. The minimum Gasteiger partial charge on any atom is -0.350 e. The first-order valence-corrected chi connectivity index (χ1v) is 7.39. The molecule has 0 bridgehead atoms. The second kappa shape index (κ2) is 6.86. The maximum atomic E-state index is 12.2. The summed E-state index contributed by atoms with van der Waals surface area (Å²) in [6.07, 6.45) is 6.42. The Hall–Kier alpha value is -3.29. The van der Waals surface area contributed by atoms with Crippen LogP contribution in [0.15, 0.2) is 53.8 Å². The van der Waals surface area contributed by atoms with Crippen LogP contribution in [-0.4, -0.2) is 36.8 Å². The predicted molar refractivity (Wildman–Crippen MR) is 87.3 cm³/mol. The van der Waals surface area contributed by atoms with Gasteiger partial charge in [-0.25, -0.2) is 9.48 Å². The van der Waals surface area contributed by atoms with Crippen molar-refractivity contribution in [2.24, 2.45) is 7.05 Å². The molecule has 0 aliphatic rings. The molecule has 0 aromatic carbocycles. The Morgan fingerprint density at radius 3 is 2.67 bits per heavy atom. The fourth-order valence-electron chi connectivity index (χ4n) is 2.26. The van der Waals surface area contributed by atoms with Gasteiger partial charge in [0.25, 0.3) is 5.91 Å². The first kappa shape index (κ1) is 15.6. The molecule has 0 radical (unpaired) electrons. The number of amides is 1. The average Bonchev–Trinajstić information content (AvgIpc) is 2.92. The number of carbonyl (C=O) groups is 1. The van der Waals surface area contributed by atoms with Gasteiger partial charge in [0.1, 0.15) is 0 Å². The molecule has 0 aliphatic heterocycles. The Bertz CT molecular complexity index is 886. The topological polar surface area (TPSA) is 94.7 Å². The molecule has 8 nitrogen and oxygen atoms in total. The van der Waals surface area contributed by atoms with Gasteiger partial charge >= 0.3 is 5.69 Å². The van der Waals surface area contributed by atoms with Crippen LogP contribution in [0.3, 0.4) is 0 Å². The Morgan fingerprint density at radius 1 is 1.17 bits per heavy atom. The van der Waals surface area contributed by atoms with Crippen molar-refractivity contribution in [3.63, 3.8) is 0 Å². The van der Waals surface area contributed by atoms with E-state index >= 15 is 0 Å². The number of nitrogens with zero attached hydrogens (tertiary/aromatic N) is 5.